The highest BCUT2D eigenvalue weighted by molar-refractivity contribution is 5.50. The topological polar surface area (TPSA) is 15.7 Å². The van der Waals surface area contributed by atoms with Crippen molar-refractivity contribution in [2.75, 3.05) is 38.1 Å². The molecule has 2 rings (SSSR count). The van der Waals surface area contributed by atoms with Crippen molar-refractivity contribution < 1.29 is 4.74 Å². The summed E-state index contributed by atoms with van der Waals surface area (Å²) in [5.74, 6) is 0.972. The van der Waals surface area contributed by atoms with Gasteiger partial charge in [0.1, 0.15) is 5.75 Å². The van der Waals surface area contributed by atoms with Crippen molar-refractivity contribution in [3.63, 3.8) is 0 Å². The lowest BCUT2D eigenvalue weighted by Gasteiger charge is -2.23. The summed E-state index contributed by atoms with van der Waals surface area (Å²) in [5.41, 5.74) is 1.28. The molecule has 0 unspecified atom stereocenters. The van der Waals surface area contributed by atoms with Crippen LogP contribution in [-0.2, 0) is 0 Å². The Hall–Kier alpha value is -1.22. The van der Waals surface area contributed by atoms with Gasteiger partial charge < -0.3 is 14.5 Å². The van der Waals surface area contributed by atoms with Gasteiger partial charge in [-0.05, 0) is 46.0 Å². The second-order valence-corrected chi connectivity index (χ2v) is 5.31. The number of nitrogens with zero attached hydrogens (tertiary/aromatic N) is 2. The van der Waals surface area contributed by atoms with Gasteiger partial charge >= 0.3 is 0 Å². The molecule has 0 amide bonds. The Morgan fingerprint density at radius 2 is 1.94 bits per heavy atom. The van der Waals surface area contributed by atoms with Gasteiger partial charge in [-0.2, -0.15) is 0 Å². The summed E-state index contributed by atoms with van der Waals surface area (Å²) in [6.07, 6.45) is 1.46. The summed E-state index contributed by atoms with van der Waals surface area (Å²) >= 11 is 0. The zero-order valence-corrected chi connectivity index (χ0v) is 11.7. The molecule has 18 heavy (non-hydrogen) atoms. The third kappa shape index (κ3) is 3.64. The first kappa shape index (κ1) is 13.2. The second-order valence-electron chi connectivity index (χ2n) is 5.31. The molecule has 1 aromatic rings. The zero-order valence-electron chi connectivity index (χ0n) is 11.7. The van der Waals surface area contributed by atoms with E-state index in [4.69, 9.17) is 4.74 Å². The van der Waals surface area contributed by atoms with Gasteiger partial charge in [0.2, 0.25) is 0 Å². The standard InChI is InChI=1S/C15H24N2O/c1-13(2)18-15-7-4-6-14(12-15)17-9-5-8-16(3)10-11-17/h4,6-7,12-13H,5,8-11H2,1-3H3. The van der Waals surface area contributed by atoms with E-state index in [0.29, 0.717) is 0 Å². The molecule has 100 valence electrons. The molecule has 1 heterocycles. The Morgan fingerprint density at radius 3 is 2.72 bits per heavy atom. The third-order valence-corrected chi connectivity index (χ3v) is 3.27. The van der Waals surface area contributed by atoms with Crippen LogP contribution in [0.4, 0.5) is 5.69 Å². The molecule has 3 nitrogen and oxygen atoms in total. The van der Waals surface area contributed by atoms with Crippen LogP contribution in [0.2, 0.25) is 0 Å². The van der Waals surface area contributed by atoms with Crippen LogP contribution >= 0.6 is 0 Å². The van der Waals surface area contributed by atoms with E-state index in [0.717, 1.165) is 25.4 Å². The van der Waals surface area contributed by atoms with E-state index in [9.17, 15) is 0 Å². The molecular weight excluding hydrogens is 224 g/mol. The van der Waals surface area contributed by atoms with E-state index in [1.807, 2.05) is 6.07 Å². The van der Waals surface area contributed by atoms with Crippen molar-refractivity contribution in [1.29, 1.82) is 0 Å². The minimum Gasteiger partial charge on any atom is -0.491 e. The molecule has 0 bridgehead atoms. The Kier molecular flexibility index (Phi) is 4.48. The molecule has 1 aliphatic heterocycles. The molecule has 1 saturated heterocycles. The first-order chi connectivity index (χ1) is 8.65. The van der Waals surface area contributed by atoms with E-state index in [1.165, 1.54) is 18.7 Å². The molecule has 0 aromatic heterocycles. The van der Waals surface area contributed by atoms with Crippen molar-refractivity contribution >= 4 is 5.69 Å². The Labute approximate surface area is 110 Å². The highest BCUT2D eigenvalue weighted by atomic mass is 16.5. The summed E-state index contributed by atoms with van der Waals surface area (Å²) < 4.78 is 5.76. The smallest absolute Gasteiger partial charge is 0.121 e. The number of hydrogen-bond acceptors (Lipinski definition) is 3. The third-order valence-electron chi connectivity index (χ3n) is 3.27. The Balaban J connectivity index is 2.07. The first-order valence-electron chi connectivity index (χ1n) is 6.85. The largest absolute Gasteiger partial charge is 0.491 e. The first-order valence-corrected chi connectivity index (χ1v) is 6.85. The van der Waals surface area contributed by atoms with Crippen molar-refractivity contribution in [3.05, 3.63) is 24.3 Å². The van der Waals surface area contributed by atoms with Crippen LogP contribution in [0.15, 0.2) is 24.3 Å². The maximum Gasteiger partial charge on any atom is 0.121 e. The molecule has 1 aromatic carbocycles. The van der Waals surface area contributed by atoms with Crippen molar-refractivity contribution in [1.82, 2.24) is 4.90 Å². The fourth-order valence-electron chi connectivity index (χ4n) is 2.33. The number of ether oxygens (including phenoxy) is 1. The van der Waals surface area contributed by atoms with Crippen LogP contribution in [0, 0.1) is 0 Å². The zero-order chi connectivity index (χ0) is 13.0. The fourth-order valence-corrected chi connectivity index (χ4v) is 2.33. The molecule has 1 fully saturated rings. The van der Waals surface area contributed by atoms with Crippen LogP contribution in [0.25, 0.3) is 0 Å². The average molecular weight is 248 g/mol. The lowest BCUT2D eigenvalue weighted by molar-refractivity contribution is 0.242. The summed E-state index contributed by atoms with van der Waals surface area (Å²) in [5, 5.41) is 0. The predicted molar refractivity (Wildman–Crippen MR) is 76.5 cm³/mol. The van der Waals surface area contributed by atoms with Crippen LogP contribution in [0.1, 0.15) is 20.3 Å². The van der Waals surface area contributed by atoms with Crippen LogP contribution in [-0.4, -0.2) is 44.2 Å². The monoisotopic (exact) mass is 248 g/mol. The average Bonchev–Trinajstić information content (AvgIpc) is 2.53. The van der Waals surface area contributed by atoms with Crippen molar-refractivity contribution in [3.8, 4) is 5.75 Å². The van der Waals surface area contributed by atoms with Gasteiger partial charge in [0, 0.05) is 31.4 Å². The molecule has 3 heteroatoms. The molecule has 1 aliphatic rings. The molecule has 0 N–H and O–H groups in total. The summed E-state index contributed by atoms with van der Waals surface area (Å²) in [6.45, 7) is 8.69. The number of rotatable bonds is 3. The van der Waals surface area contributed by atoms with Gasteiger partial charge in [-0.25, -0.2) is 0 Å². The van der Waals surface area contributed by atoms with E-state index >= 15 is 0 Å². The molecule has 0 aliphatic carbocycles. The summed E-state index contributed by atoms with van der Waals surface area (Å²) in [6, 6.07) is 8.46. The van der Waals surface area contributed by atoms with Gasteiger partial charge in [0.25, 0.3) is 0 Å². The van der Waals surface area contributed by atoms with Gasteiger partial charge in [0.15, 0.2) is 0 Å². The lowest BCUT2D eigenvalue weighted by Crippen LogP contribution is -2.28. The SMILES string of the molecule is CC(C)Oc1cccc(N2CCCN(C)CC2)c1. The van der Waals surface area contributed by atoms with Gasteiger partial charge in [-0.3, -0.25) is 0 Å². The summed E-state index contributed by atoms with van der Waals surface area (Å²) in [7, 11) is 2.20. The highest BCUT2D eigenvalue weighted by Crippen LogP contribution is 2.23. The number of anilines is 1. The fraction of sp³-hybridized carbons (Fsp3) is 0.600. The Bertz CT molecular complexity index is 379. The minimum absolute atomic E-state index is 0.232. The van der Waals surface area contributed by atoms with E-state index in [1.54, 1.807) is 0 Å². The van der Waals surface area contributed by atoms with Gasteiger partial charge in [-0.15, -0.1) is 0 Å². The minimum atomic E-state index is 0.232. The molecular formula is C15H24N2O. The molecule has 0 radical (unpaired) electrons. The lowest BCUT2D eigenvalue weighted by atomic mass is 10.2. The van der Waals surface area contributed by atoms with Crippen LogP contribution in [0.5, 0.6) is 5.75 Å². The number of benzene rings is 1. The van der Waals surface area contributed by atoms with Crippen LogP contribution in [0.3, 0.4) is 0 Å². The molecule has 0 spiro atoms. The van der Waals surface area contributed by atoms with Crippen LogP contribution < -0.4 is 9.64 Å². The van der Waals surface area contributed by atoms with E-state index in [-0.39, 0.29) is 6.10 Å². The normalized spacial score (nSPS) is 17.9. The Morgan fingerprint density at radius 1 is 1.11 bits per heavy atom. The van der Waals surface area contributed by atoms with Crippen molar-refractivity contribution in [2.24, 2.45) is 0 Å². The quantitative estimate of drug-likeness (QED) is 0.818. The van der Waals surface area contributed by atoms with E-state index < -0.39 is 0 Å². The molecule has 0 atom stereocenters. The number of likely N-dealkylation sites (N-methyl/N-ethyl adjacent to an activating group) is 1. The number of hydrogen-bond donors (Lipinski definition) is 0. The predicted octanol–water partition coefficient (Wildman–Crippen LogP) is 2.62. The maximum atomic E-state index is 5.76. The van der Waals surface area contributed by atoms with Crippen molar-refractivity contribution in [2.45, 2.75) is 26.4 Å². The van der Waals surface area contributed by atoms with Gasteiger partial charge in [0.05, 0.1) is 6.10 Å². The second kappa shape index (κ2) is 6.10. The van der Waals surface area contributed by atoms with E-state index in [2.05, 4.69) is 48.9 Å². The summed E-state index contributed by atoms with van der Waals surface area (Å²) in [4.78, 5) is 4.85. The maximum absolute atomic E-state index is 5.76. The highest BCUT2D eigenvalue weighted by Gasteiger charge is 2.13. The van der Waals surface area contributed by atoms with Gasteiger partial charge in [-0.1, -0.05) is 6.07 Å². The molecule has 0 saturated carbocycles.